The summed E-state index contributed by atoms with van der Waals surface area (Å²) in [6.07, 6.45) is 6.35. The molecule has 0 atom stereocenters. The van der Waals surface area contributed by atoms with E-state index in [4.69, 9.17) is 10.1 Å². The molecule has 3 rings (SSSR count). The van der Waals surface area contributed by atoms with E-state index in [-0.39, 0.29) is 5.03 Å². The highest BCUT2D eigenvalue weighted by atomic mass is 32.2. The van der Waals surface area contributed by atoms with Gasteiger partial charge in [0.15, 0.2) is 20.7 Å². The third kappa shape index (κ3) is 5.14. The van der Waals surface area contributed by atoms with Crippen molar-refractivity contribution < 1.29 is 13.2 Å². The van der Waals surface area contributed by atoms with Gasteiger partial charge in [0.1, 0.15) is 17.9 Å². The Bertz CT molecular complexity index is 1200. The van der Waals surface area contributed by atoms with Crippen molar-refractivity contribution >= 4 is 39.6 Å². The number of ether oxygens (including phenoxy) is 1. The molecule has 0 fully saturated rings. The number of hydrazone groups is 1. The summed E-state index contributed by atoms with van der Waals surface area (Å²) in [5.74, 6) is 1.40. The van der Waals surface area contributed by atoms with Crippen molar-refractivity contribution in [3.05, 3.63) is 60.0 Å². The van der Waals surface area contributed by atoms with Crippen LogP contribution in [0, 0.1) is 5.41 Å². The molecule has 1 aromatic carbocycles. The number of sulfone groups is 1. The number of aromatic nitrogens is 3. The van der Waals surface area contributed by atoms with E-state index in [0.717, 1.165) is 18.2 Å². The zero-order valence-electron chi connectivity index (χ0n) is 16.2. The second-order valence-electron chi connectivity index (χ2n) is 6.06. The van der Waals surface area contributed by atoms with Crippen molar-refractivity contribution in [2.45, 2.75) is 5.03 Å². The van der Waals surface area contributed by atoms with Gasteiger partial charge in [-0.25, -0.2) is 23.4 Å². The van der Waals surface area contributed by atoms with Gasteiger partial charge in [0.2, 0.25) is 0 Å². The molecule has 0 radical (unpaired) electrons. The average Bonchev–Trinajstić information content (AvgIpc) is 2.74. The van der Waals surface area contributed by atoms with E-state index >= 15 is 0 Å². The van der Waals surface area contributed by atoms with E-state index in [0.29, 0.717) is 28.5 Å². The first-order chi connectivity index (χ1) is 14.4. The fraction of sp³-hybridized carbons (Fsp3) is 0.105. The summed E-state index contributed by atoms with van der Waals surface area (Å²) in [6, 6.07) is 10.3. The highest BCUT2D eigenvalue weighted by Crippen LogP contribution is 2.24. The summed E-state index contributed by atoms with van der Waals surface area (Å²) in [7, 11) is -1.84. The number of nitrogens with zero attached hydrogens (tertiary/aromatic N) is 4. The van der Waals surface area contributed by atoms with Gasteiger partial charge in [-0.15, -0.1) is 0 Å². The Hall–Kier alpha value is -3.86. The molecule has 0 unspecified atom stereocenters. The van der Waals surface area contributed by atoms with Gasteiger partial charge in [-0.2, -0.15) is 5.10 Å². The van der Waals surface area contributed by atoms with E-state index in [1.807, 2.05) is 18.2 Å². The number of anilines is 3. The van der Waals surface area contributed by atoms with Gasteiger partial charge in [0, 0.05) is 30.4 Å². The molecule has 0 aliphatic heterocycles. The minimum atomic E-state index is -3.41. The van der Waals surface area contributed by atoms with Crippen molar-refractivity contribution in [3.63, 3.8) is 0 Å². The number of nitrogens with one attached hydrogen (secondary N) is 3. The highest BCUT2D eigenvalue weighted by molar-refractivity contribution is 7.90. The summed E-state index contributed by atoms with van der Waals surface area (Å²) < 4.78 is 28.4. The van der Waals surface area contributed by atoms with Crippen LogP contribution in [0.2, 0.25) is 0 Å². The molecule has 2 aromatic heterocycles. The number of benzene rings is 1. The van der Waals surface area contributed by atoms with Crippen LogP contribution in [-0.4, -0.2) is 49.2 Å². The number of pyridine rings is 1. The normalized spacial score (nSPS) is 11.3. The maximum Gasteiger partial charge on any atom is 0.192 e. The van der Waals surface area contributed by atoms with Crippen LogP contribution in [0.3, 0.4) is 0 Å². The van der Waals surface area contributed by atoms with Crippen LogP contribution < -0.4 is 15.5 Å². The molecule has 10 nitrogen and oxygen atoms in total. The minimum absolute atomic E-state index is 0.0431. The second-order valence-corrected chi connectivity index (χ2v) is 8.02. The van der Waals surface area contributed by atoms with E-state index in [1.54, 1.807) is 19.2 Å². The minimum Gasteiger partial charge on any atom is -0.497 e. The smallest absolute Gasteiger partial charge is 0.192 e. The first-order valence-corrected chi connectivity index (χ1v) is 10.5. The second kappa shape index (κ2) is 9.09. The summed E-state index contributed by atoms with van der Waals surface area (Å²) in [4.78, 5) is 12.1. The standard InChI is InChI=1S/C19H19N7O3S/c1-29-15-5-3-4-14(9-15)25-18-16(10-20)19(23-12-22-18)26-24-11-13-6-7-21-17(8-13)30(2,27)28/h3-12,20H,1-2H3,(H2,22,23,25,26)/b20-10?,24-11+. The fourth-order valence-electron chi connectivity index (χ4n) is 2.43. The molecule has 3 aromatic rings. The van der Waals surface area contributed by atoms with Crippen LogP contribution in [0.1, 0.15) is 11.1 Å². The molecule has 3 N–H and O–H groups in total. The molecule has 0 aliphatic rings. The zero-order chi connectivity index (χ0) is 21.6. The van der Waals surface area contributed by atoms with Gasteiger partial charge < -0.3 is 15.5 Å². The molecule has 30 heavy (non-hydrogen) atoms. The molecule has 2 heterocycles. The van der Waals surface area contributed by atoms with Gasteiger partial charge in [-0.1, -0.05) is 6.07 Å². The van der Waals surface area contributed by atoms with Crippen molar-refractivity contribution in [1.29, 1.82) is 5.41 Å². The SMILES string of the molecule is COc1cccc(Nc2ncnc(N/N=C/c3ccnc(S(C)(=O)=O)c3)c2C=N)c1. The molecular weight excluding hydrogens is 406 g/mol. The number of rotatable bonds is 8. The van der Waals surface area contributed by atoms with Crippen LogP contribution in [-0.2, 0) is 9.84 Å². The first kappa shape index (κ1) is 20.9. The Morgan fingerprint density at radius 1 is 1.13 bits per heavy atom. The predicted octanol–water partition coefficient (Wildman–Crippen LogP) is 2.47. The zero-order valence-corrected chi connectivity index (χ0v) is 17.0. The van der Waals surface area contributed by atoms with Crippen LogP contribution in [0.15, 0.2) is 59.0 Å². The van der Waals surface area contributed by atoms with Crippen molar-refractivity contribution in [2.75, 3.05) is 24.1 Å². The third-order valence-corrected chi connectivity index (χ3v) is 4.87. The quantitative estimate of drug-likeness (QED) is 0.369. The summed E-state index contributed by atoms with van der Waals surface area (Å²) in [5, 5.41) is 14.9. The van der Waals surface area contributed by atoms with Crippen LogP contribution in [0.4, 0.5) is 17.3 Å². The topological polar surface area (TPSA) is 142 Å². The van der Waals surface area contributed by atoms with Gasteiger partial charge in [0.25, 0.3) is 0 Å². The fourth-order valence-corrected chi connectivity index (χ4v) is 3.04. The summed E-state index contributed by atoms with van der Waals surface area (Å²) in [5.41, 5.74) is 4.42. The van der Waals surface area contributed by atoms with Crippen molar-refractivity contribution in [3.8, 4) is 5.75 Å². The molecule has 0 saturated heterocycles. The lowest BCUT2D eigenvalue weighted by Gasteiger charge is -2.11. The van der Waals surface area contributed by atoms with E-state index in [9.17, 15) is 8.42 Å². The molecule has 154 valence electrons. The lowest BCUT2D eigenvalue weighted by molar-refractivity contribution is 0.415. The average molecular weight is 425 g/mol. The van der Waals surface area contributed by atoms with Gasteiger partial charge in [-0.05, 0) is 29.8 Å². The maximum atomic E-state index is 11.6. The Morgan fingerprint density at radius 3 is 2.67 bits per heavy atom. The molecule has 0 spiro atoms. The Labute approximate surface area is 173 Å². The molecular formula is C19H19N7O3S. The van der Waals surface area contributed by atoms with Crippen LogP contribution in [0.25, 0.3) is 0 Å². The molecule has 0 saturated carbocycles. The van der Waals surface area contributed by atoms with Crippen LogP contribution in [0.5, 0.6) is 5.75 Å². The lowest BCUT2D eigenvalue weighted by atomic mass is 10.2. The number of methoxy groups -OCH3 is 1. The Balaban J connectivity index is 1.81. The van der Waals surface area contributed by atoms with E-state index < -0.39 is 9.84 Å². The number of hydrogen-bond acceptors (Lipinski definition) is 10. The molecule has 0 aliphatic carbocycles. The third-order valence-electron chi connectivity index (χ3n) is 3.88. The first-order valence-electron chi connectivity index (χ1n) is 8.62. The Kier molecular flexibility index (Phi) is 6.32. The van der Waals surface area contributed by atoms with Crippen molar-refractivity contribution in [2.24, 2.45) is 5.10 Å². The monoisotopic (exact) mass is 425 g/mol. The van der Waals surface area contributed by atoms with Gasteiger partial charge in [0.05, 0.1) is 18.9 Å². The summed E-state index contributed by atoms with van der Waals surface area (Å²) in [6.45, 7) is 0. The van der Waals surface area contributed by atoms with E-state index in [2.05, 4.69) is 30.8 Å². The summed E-state index contributed by atoms with van der Waals surface area (Å²) >= 11 is 0. The molecule has 0 amide bonds. The van der Waals surface area contributed by atoms with E-state index in [1.165, 1.54) is 24.8 Å². The van der Waals surface area contributed by atoms with Crippen molar-refractivity contribution in [1.82, 2.24) is 15.0 Å². The predicted molar refractivity (Wildman–Crippen MR) is 115 cm³/mol. The maximum absolute atomic E-state index is 11.6. The molecule has 0 bridgehead atoms. The lowest BCUT2D eigenvalue weighted by Crippen LogP contribution is -2.05. The van der Waals surface area contributed by atoms with Crippen LogP contribution >= 0.6 is 0 Å². The van der Waals surface area contributed by atoms with Gasteiger partial charge >= 0.3 is 0 Å². The Morgan fingerprint density at radius 2 is 1.93 bits per heavy atom. The molecule has 11 heteroatoms. The van der Waals surface area contributed by atoms with Gasteiger partial charge in [-0.3, -0.25) is 5.43 Å². The number of hydrogen-bond donors (Lipinski definition) is 3. The largest absolute Gasteiger partial charge is 0.497 e. The highest BCUT2D eigenvalue weighted by Gasteiger charge is 2.10.